The van der Waals surface area contributed by atoms with Crippen molar-refractivity contribution < 1.29 is 0 Å². The molecule has 0 aliphatic carbocycles. The maximum atomic E-state index is 2.56. The van der Waals surface area contributed by atoms with Crippen LogP contribution in [0.25, 0.3) is 0 Å². The fraction of sp³-hybridized carbons (Fsp3) is 0.556. The van der Waals surface area contributed by atoms with Gasteiger partial charge < -0.3 is 0 Å². The molecule has 0 nitrogen and oxygen atoms in total. The van der Waals surface area contributed by atoms with Gasteiger partial charge in [-0.2, -0.15) is 0 Å². The second-order valence-corrected chi connectivity index (χ2v) is 10.1. The van der Waals surface area contributed by atoms with Crippen molar-refractivity contribution in [3.05, 3.63) is 41.2 Å². The lowest BCUT2D eigenvalue weighted by Gasteiger charge is -2.09. The summed E-state index contributed by atoms with van der Waals surface area (Å²) in [6.07, 6.45) is 12.2. The highest BCUT2D eigenvalue weighted by molar-refractivity contribution is 6.84. The molecule has 0 N–H and O–H groups in total. The van der Waals surface area contributed by atoms with Crippen molar-refractivity contribution in [2.24, 2.45) is 0 Å². The lowest BCUT2D eigenvalue weighted by molar-refractivity contribution is 0.611. The van der Waals surface area contributed by atoms with E-state index in [2.05, 4.69) is 56.4 Å². The zero-order chi connectivity index (χ0) is 14.6. The summed E-state index contributed by atoms with van der Waals surface area (Å²) in [6.45, 7) is 7.13. The number of rotatable bonds is 10. The Morgan fingerprint density at radius 1 is 1.00 bits per heavy atom. The first-order valence-corrected chi connectivity index (χ1v) is 11.6. The van der Waals surface area contributed by atoms with E-state index in [0.717, 1.165) is 9.52 Å². The Bertz CT molecular complexity index is 368. The topological polar surface area (TPSA) is 0 Å². The molecule has 0 atom stereocenters. The standard InChI is InChI=1S/C18H29Si2/c1-4-5-6-7-8-9-13-16-18(20(2)3)19-17-14-11-10-12-15-17/h10-12,14-16H,4-9,13H2,1-3H3/b18-16-. The summed E-state index contributed by atoms with van der Waals surface area (Å²) in [5.74, 6) is 0. The second kappa shape index (κ2) is 11.1. The minimum atomic E-state index is -0.298. The van der Waals surface area contributed by atoms with E-state index in [4.69, 9.17) is 0 Å². The molecule has 0 unspecified atom stereocenters. The Labute approximate surface area is 130 Å². The molecule has 0 heterocycles. The van der Waals surface area contributed by atoms with Crippen LogP contribution in [0.3, 0.4) is 0 Å². The van der Waals surface area contributed by atoms with Crippen LogP contribution in [-0.4, -0.2) is 18.3 Å². The van der Waals surface area contributed by atoms with Gasteiger partial charge in [-0.25, -0.2) is 0 Å². The Morgan fingerprint density at radius 2 is 1.65 bits per heavy atom. The first kappa shape index (κ1) is 17.4. The minimum Gasteiger partial charge on any atom is -0.0949 e. The SMILES string of the molecule is CCCCCCCC/C=C(/[Si]c1ccccc1)[Si](C)C. The van der Waals surface area contributed by atoms with Crippen molar-refractivity contribution in [3.8, 4) is 0 Å². The largest absolute Gasteiger partial charge is 0.110 e. The first-order chi connectivity index (χ1) is 9.74. The van der Waals surface area contributed by atoms with E-state index in [1.54, 1.807) is 4.82 Å². The lowest BCUT2D eigenvalue weighted by atomic mass is 10.1. The molecular formula is C18H29Si2. The fourth-order valence-corrected chi connectivity index (χ4v) is 5.13. The first-order valence-electron chi connectivity index (χ1n) is 8.06. The van der Waals surface area contributed by atoms with Gasteiger partial charge in [-0.15, -0.1) is 0 Å². The average Bonchev–Trinajstić information content (AvgIpc) is 2.46. The minimum absolute atomic E-state index is 0.298. The smallest absolute Gasteiger partial charge is 0.0949 e. The van der Waals surface area contributed by atoms with Crippen molar-refractivity contribution in [2.45, 2.75) is 65.0 Å². The van der Waals surface area contributed by atoms with E-state index < -0.39 is 0 Å². The average molecular weight is 302 g/mol. The van der Waals surface area contributed by atoms with Crippen LogP contribution in [0.2, 0.25) is 13.1 Å². The molecule has 0 amide bonds. The molecule has 1 aromatic rings. The van der Waals surface area contributed by atoms with Gasteiger partial charge in [0.2, 0.25) is 0 Å². The number of allylic oxidation sites excluding steroid dienone is 1. The molecule has 0 aliphatic rings. The number of benzene rings is 1. The summed E-state index contributed by atoms with van der Waals surface area (Å²) in [4.78, 5) is 1.73. The van der Waals surface area contributed by atoms with Crippen molar-refractivity contribution in [1.82, 2.24) is 0 Å². The summed E-state index contributed by atoms with van der Waals surface area (Å²) in [6, 6.07) is 11.0. The fourth-order valence-electron chi connectivity index (χ4n) is 2.23. The van der Waals surface area contributed by atoms with E-state index in [-0.39, 0.29) is 8.80 Å². The summed E-state index contributed by atoms with van der Waals surface area (Å²) < 4.78 is 0. The van der Waals surface area contributed by atoms with Crippen molar-refractivity contribution >= 4 is 23.5 Å². The van der Waals surface area contributed by atoms with Crippen LogP contribution in [0.15, 0.2) is 41.2 Å². The van der Waals surface area contributed by atoms with Gasteiger partial charge in [0.1, 0.15) is 9.52 Å². The van der Waals surface area contributed by atoms with E-state index in [9.17, 15) is 0 Å². The molecule has 0 aromatic heterocycles. The third-order valence-corrected chi connectivity index (χ3v) is 7.75. The van der Waals surface area contributed by atoms with Crippen LogP contribution < -0.4 is 5.19 Å². The van der Waals surface area contributed by atoms with E-state index in [1.807, 2.05) is 0 Å². The van der Waals surface area contributed by atoms with E-state index >= 15 is 0 Å². The number of hydrogen-bond acceptors (Lipinski definition) is 0. The summed E-state index contributed by atoms with van der Waals surface area (Å²) in [5.41, 5.74) is 0. The van der Waals surface area contributed by atoms with Crippen LogP contribution in [0.5, 0.6) is 0 Å². The number of hydrogen-bond donors (Lipinski definition) is 0. The molecular weight excluding hydrogens is 272 g/mol. The van der Waals surface area contributed by atoms with Crippen LogP contribution in [0, 0.1) is 0 Å². The van der Waals surface area contributed by atoms with Crippen LogP contribution in [0.1, 0.15) is 51.9 Å². The predicted octanol–water partition coefficient (Wildman–Crippen LogP) is 4.94. The quantitative estimate of drug-likeness (QED) is 0.424. The maximum Gasteiger partial charge on any atom is 0.110 e. The molecule has 2 heteroatoms. The number of unbranched alkanes of at least 4 members (excludes halogenated alkanes) is 6. The summed E-state index contributed by atoms with van der Waals surface area (Å²) in [5, 5.41) is 1.49. The zero-order valence-electron chi connectivity index (χ0n) is 13.4. The molecule has 1 rings (SSSR count). The van der Waals surface area contributed by atoms with Crippen molar-refractivity contribution in [2.75, 3.05) is 0 Å². The van der Waals surface area contributed by atoms with Gasteiger partial charge in [-0.3, -0.25) is 0 Å². The van der Waals surface area contributed by atoms with Crippen molar-refractivity contribution in [3.63, 3.8) is 0 Å². The lowest BCUT2D eigenvalue weighted by Crippen LogP contribution is -2.23. The second-order valence-electron chi connectivity index (χ2n) is 5.67. The zero-order valence-corrected chi connectivity index (χ0v) is 15.4. The molecule has 0 fully saturated rings. The van der Waals surface area contributed by atoms with Gasteiger partial charge in [0, 0.05) is 0 Å². The van der Waals surface area contributed by atoms with Gasteiger partial charge >= 0.3 is 0 Å². The van der Waals surface area contributed by atoms with Gasteiger partial charge in [-0.05, 0) is 12.8 Å². The van der Waals surface area contributed by atoms with E-state index in [1.165, 1.54) is 50.1 Å². The van der Waals surface area contributed by atoms with Gasteiger partial charge in [0.15, 0.2) is 0 Å². The molecule has 0 bridgehead atoms. The molecule has 0 saturated heterocycles. The monoisotopic (exact) mass is 301 g/mol. The molecule has 0 saturated carbocycles. The molecule has 0 spiro atoms. The highest BCUT2D eigenvalue weighted by atomic mass is 28.3. The molecule has 1 aromatic carbocycles. The Morgan fingerprint density at radius 3 is 2.30 bits per heavy atom. The van der Waals surface area contributed by atoms with Crippen LogP contribution >= 0.6 is 0 Å². The molecule has 0 aliphatic heterocycles. The summed E-state index contributed by atoms with van der Waals surface area (Å²) >= 11 is 0. The van der Waals surface area contributed by atoms with Crippen LogP contribution in [-0.2, 0) is 0 Å². The maximum absolute atomic E-state index is 2.56. The third-order valence-electron chi connectivity index (χ3n) is 3.50. The van der Waals surface area contributed by atoms with Crippen LogP contribution in [0.4, 0.5) is 0 Å². The summed E-state index contributed by atoms with van der Waals surface area (Å²) in [7, 11) is 0.596. The Balaban J connectivity index is 2.32. The third kappa shape index (κ3) is 7.86. The highest BCUT2D eigenvalue weighted by Gasteiger charge is 2.06. The molecule has 109 valence electrons. The normalized spacial score (nSPS) is 12.1. The molecule has 3 radical (unpaired) electrons. The predicted molar refractivity (Wildman–Crippen MR) is 95.4 cm³/mol. The van der Waals surface area contributed by atoms with Gasteiger partial charge in [-0.1, -0.05) is 98.5 Å². The Hall–Kier alpha value is -0.606. The Kier molecular flexibility index (Phi) is 9.68. The highest BCUT2D eigenvalue weighted by Crippen LogP contribution is 2.09. The van der Waals surface area contributed by atoms with Crippen molar-refractivity contribution in [1.29, 1.82) is 0 Å². The molecule has 20 heavy (non-hydrogen) atoms. The van der Waals surface area contributed by atoms with Gasteiger partial charge in [0.05, 0.1) is 8.80 Å². The van der Waals surface area contributed by atoms with Gasteiger partial charge in [0.25, 0.3) is 0 Å². The van der Waals surface area contributed by atoms with E-state index in [0.29, 0.717) is 0 Å².